The number of piperidine rings is 1. The average Bonchev–Trinajstić information content (AvgIpc) is 2.37. The van der Waals surface area contributed by atoms with Gasteiger partial charge in [-0.3, -0.25) is 10.1 Å². The zero-order valence-corrected chi connectivity index (χ0v) is 11.1. The third-order valence-electron chi connectivity index (χ3n) is 3.63. The van der Waals surface area contributed by atoms with Gasteiger partial charge < -0.3 is 16.4 Å². The van der Waals surface area contributed by atoms with E-state index in [9.17, 15) is 10.1 Å². The lowest BCUT2D eigenvalue weighted by atomic mass is 9.83. The van der Waals surface area contributed by atoms with Gasteiger partial charge in [-0.2, -0.15) is 0 Å². The van der Waals surface area contributed by atoms with Gasteiger partial charge in [0.05, 0.1) is 4.92 Å². The van der Waals surface area contributed by atoms with Crippen molar-refractivity contribution in [1.29, 1.82) is 0 Å². The summed E-state index contributed by atoms with van der Waals surface area (Å²) < 4.78 is 0. The standard InChI is InChI=1S/C13H20N4O2/c1-13(5-2-6-15-8-13)9-16-10-3-4-12(17(18)19)11(14)7-10/h3-4,7,15-16H,2,5-6,8-9,14H2,1H3. The SMILES string of the molecule is CC1(CNc2ccc([N+](=O)[O-])c(N)c2)CCCNC1. The molecule has 6 heteroatoms. The van der Waals surface area contributed by atoms with Crippen LogP contribution in [0.1, 0.15) is 19.8 Å². The Bertz CT molecular complexity index is 470. The smallest absolute Gasteiger partial charge is 0.292 e. The van der Waals surface area contributed by atoms with Crippen LogP contribution in [0.2, 0.25) is 0 Å². The van der Waals surface area contributed by atoms with Gasteiger partial charge in [0, 0.05) is 24.8 Å². The van der Waals surface area contributed by atoms with Crippen molar-refractivity contribution in [3.63, 3.8) is 0 Å². The second kappa shape index (κ2) is 5.44. The van der Waals surface area contributed by atoms with Gasteiger partial charge >= 0.3 is 0 Å². The number of nitrogen functional groups attached to an aromatic ring is 1. The zero-order chi connectivity index (χ0) is 13.9. The molecule has 0 radical (unpaired) electrons. The Morgan fingerprint density at radius 2 is 2.37 bits per heavy atom. The van der Waals surface area contributed by atoms with Crippen molar-refractivity contribution in [2.75, 3.05) is 30.7 Å². The fourth-order valence-corrected chi connectivity index (χ4v) is 2.42. The summed E-state index contributed by atoms with van der Waals surface area (Å²) in [6.45, 7) is 5.14. The monoisotopic (exact) mass is 264 g/mol. The lowest BCUT2D eigenvalue weighted by molar-refractivity contribution is -0.383. The fraction of sp³-hybridized carbons (Fsp3) is 0.538. The molecule has 1 unspecified atom stereocenters. The quantitative estimate of drug-likeness (QED) is 0.439. The first kappa shape index (κ1) is 13.6. The number of hydrogen-bond donors (Lipinski definition) is 3. The summed E-state index contributed by atoms with van der Waals surface area (Å²) in [5, 5.41) is 17.4. The number of nitro benzene ring substituents is 1. The molecule has 1 aliphatic heterocycles. The Morgan fingerprint density at radius 3 is 2.95 bits per heavy atom. The summed E-state index contributed by atoms with van der Waals surface area (Å²) in [6, 6.07) is 4.77. The van der Waals surface area contributed by atoms with Crippen molar-refractivity contribution in [3.05, 3.63) is 28.3 Å². The van der Waals surface area contributed by atoms with E-state index in [4.69, 9.17) is 5.73 Å². The van der Waals surface area contributed by atoms with Gasteiger partial charge in [-0.25, -0.2) is 0 Å². The Hall–Kier alpha value is -1.82. The summed E-state index contributed by atoms with van der Waals surface area (Å²) >= 11 is 0. The van der Waals surface area contributed by atoms with Crippen LogP contribution >= 0.6 is 0 Å². The molecule has 2 rings (SSSR count). The van der Waals surface area contributed by atoms with Crippen molar-refractivity contribution in [3.8, 4) is 0 Å². The summed E-state index contributed by atoms with van der Waals surface area (Å²) in [7, 11) is 0. The number of anilines is 2. The third-order valence-corrected chi connectivity index (χ3v) is 3.63. The maximum absolute atomic E-state index is 10.7. The van der Waals surface area contributed by atoms with E-state index in [-0.39, 0.29) is 16.8 Å². The predicted molar refractivity (Wildman–Crippen MR) is 76.2 cm³/mol. The van der Waals surface area contributed by atoms with Crippen LogP contribution in [-0.2, 0) is 0 Å². The van der Waals surface area contributed by atoms with Gasteiger partial charge in [-0.05, 0) is 36.9 Å². The molecule has 6 nitrogen and oxygen atoms in total. The summed E-state index contributed by atoms with van der Waals surface area (Å²) in [5.74, 6) is 0. The van der Waals surface area contributed by atoms with Gasteiger partial charge in [-0.15, -0.1) is 0 Å². The van der Waals surface area contributed by atoms with E-state index in [1.807, 2.05) is 0 Å². The molecule has 1 atom stereocenters. The van der Waals surface area contributed by atoms with Crippen LogP contribution < -0.4 is 16.4 Å². The van der Waals surface area contributed by atoms with Gasteiger partial charge in [0.1, 0.15) is 5.69 Å². The van der Waals surface area contributed by atoms with Crippen LogP contribution in [0.5, 0.6) is 0 Å². The van der Waals surface area contributed by atoms with E-state index in [1.54, 1.807) is 12.1 Å². The summed E-state index contributed by atoms with van der Waals surface area (Å²) in [6.07, 6.45) is 2.36. The molecule has 104 valence electrons. The van der Waals surface area contributed by atoms with Crippen LogP contribution in [0.15, 0.2) is 18.2 Å². The number of hydrogen-bond acceptors (Lipinski definition) is 5. The van der Waals surface area contributed by atoms with Crippen molar-refractivity contribution < 1.29 is 4.92 Å². The molecule has 1 aromatic carbocycles. The second-order valence-electron chi connectivity index (χ2n) is 5.48. The third kappa shape index (κ3) is 3.35. The Labute approximate surface area is 112 Å². The Balaban J connectivity index is 2.00. The maximum Gasteiger partial charge on any atom is 0.292 e. The van der Waals surface area contributed by atoms with Gasteiger partial charge in [-0.1, -0.05) is 6.92 Å². The second-order valence-corrected chi connectivity index (χ2v) is 5.48. The molecular weight excluding hydrogens is 244 g/mol. The zero-order valence-electron chi connectivity index (χ0n) is 11.1. The van der Waals surface area contributed by atoms with Gasteiger partial charge in [0.15, 0.2) is 0 Å². The minimum Gasteiger partial charge on any atom is -0.393 e. The van der Waals surface area contributed by atoms with Gasteiger partial charge in [0.2, 0.25) is 0 Å². The summed E-state index contributed by atoms with van der Waals surface area (Å²) in [5.41, 5.74) is 6.87. The molecule has 1 aromatic rings. The normalized spacial score (nSPS) is 23.0. The molecule has 0 spiro atoms. The van der Waals surface area contributed by atoms with E-state index in [1.165, 1.54) is 18.9 Å². The number of benzene rings is 1. The Morgan fingerprint density at radius 1 is 1.58 bits per heavy atom. The van der Waals surface area contributed by atoms with Crippen LogP contribution in [0, 0.1) is 15.5 Å². The molecule has 0 amide bonds. The number of nitrogens with zero attached hydrogens (tertiary/aromatic N) is 1. The molecule has 0 aromatic heterocycles. The summed E-state index contributed by atoms with van der Waals surface area (Å²) in [4.78, 5) is 10.2. The molecule has 0 bridgehead atoms. The molecule has 1 saturated heterocycles. The van der Waals surface area contributed by atoms with Crippen molar-refractivity contribution in [1.82, 2.24) is 5.32 Å². The maximum atomic E-state index is 10.7. The van der Waals surface area contributed by atoms with Crippen LogP contribution in [0.4, 0.5) is 17.1 Å². The van der Waals surface area contributed by atoms with E-state index < -0.39 is 4.92 Å². The Kier molecular flexibility index (Phi) is 3.90. The van der Waals surface area contributed by atoms with Crippen molar-refractivity contribution in [2.45, 2.75) is 19.8 Å². The fourth-order valence-electron chi connectivity index (χ4n) is 2.42. The molecule has 0 saturated carbocycles. The van der Waals surface area contributed by atoms with Crippen LogP contribution in [0.25, 0.3) is 0 Å². The van der Waals surface area contributed by atoms with Gasteiger partial charge in [0.25, 0.3) is 5.69 Å². The minimum absolute atomic E-state index is 0.0453. The first-order valence-electron chi connectivity index (χ1n) is 6.49. The highest BCUT2D eigenvalue weighted by Gasteiger charge is 2.26. The number of rotatable bonds is 4. The molecule has 0 aliphatic carbocycles. The highest BCUT2D eigenvalue weighted by molar-refractivity contribution is 5.65. The molecule has 1 heterocycles. The van der Waals surface area contributed by atoms with E-state index in [0.717, 1.165) is 25.3 Å². The molecular formula is C13H20N4O2. The van der Waals surface area contributed by atoms with Crippen LogP contribution in [-0.4, -0.2) is 24.6 Å². The first-order valence-corrected chi connectivity index (χ1v) is 6.49. The minimum atomic E-state index is -0.467. The van der Waals surface area contributed by atoms with Crippen molar-refractivity contribution >= 4 is 17.1 Å². The number of nitrogens with two attached hydrogens (primary N) is 1. The largest absolute Gasteiger partial charge is 0.393 e. The molecule has 4 N–H and O–H groups in total. The topological polar surface area (TPSA) is 93.2 Å². The predicted octanol–water partition coefficient (Wildman–Crippen LogP) is 1.98. The number of nitrogens with one attached hydrogen (secondary N) is 2. The molecule has 1 fully saturated rings. The van der Waals surface area contributed by atoms with E-state index in [2.05, 4.69) is 17.6 Å². The lowest BCUT2D eigenvalue weighted by Gasteiger charge is -2.34. The highest BCUT2D eigenvalue weighted by Crippen LogP contribution is 2.28. The van der Waals surface area contributed by atoms with Crippen LogP contribution in [0.3, 0.4) is 0 Å². The highest BCUT2D eigenvalue weighted by atomic mass is 16.6. The molecule has 19 heavy (non-hydrogen) atoms. The lowest BCUT2D eigenvalue weighted by Crippen LogP contribution is -2.42. The van der Waals surface area contributed by atoms with Crippen molar-refractivity contribution in [2.24, 2.45) is 5.41 Å². The van der Waals surface area contributed by atoms with E-state index in [0.29, 0.717) is 0 Å². The first-order chi connectivity index (χ1) is 9.00. The number of nitro groups is 1. The van der Waals surface area contributed by atoms with E-state index >= 15 is 0 Å². The average molecular weight is 264 g/mol. The molecule has 1 aliphatic rings.